The second-order valence-electron chi connectivity index (χ2n) is 11.1. The van der Waals surface area contributed by atoms with Crippen LogP contribution in [0.5, 0.6) is 0 Å². The van der Waals surface area contributed by atoms with Gasteiger partial charge in [-0.05, 0) is 22.3 Å². The van der Waals surface area contributed by atoms with Gasteiger partial charge in [0.2, 0.25) is 0 Å². The van der Waals surface area contributed by atoms with Crippen molar-refractivity contribution in [3.8, 4) is 0 Å². The summed E-state index contributed by atoms with van der Waals surface area (Å²) >= 11 is 0. The molecule has 0 amide bonds. The Balaban J connectivity index is 1.45. The third-order valence-electron chi connectivity index (χ3n) is 7.45. The molecule has 1 aliphatic heterocycles. The summed E-state index contributed by atoms with van der Waals surface area (Å²) in [6.45, 7) is 1.45. The number of hydrogen-bond acceptors (Lipinski definition) is 7. The maximum atomic E-state index is 12.7. The molecule has 0 N–H and O–H groups in total. The molecule has 44 heavy (non-hydrogen) atoms. The molecule has 1 aliphatic rings. The van der Waals surface area contributed by atoms with Crippen molar-refractivity contribution in [1.29, 1.82) is 0 Å². The normalized spacial score (nSPS) is 22.1. The van der Waals surface area contributed by atoms with Crippen LogP contribution in [0.25, 0.3) is 0 Å². The number of sulfone groups is 1. The SMILES string of the molecule is CS(=O)(=O)C[C@@H]1O[C@H](COCc2ccccc2)[C@@H](OCc2ccccc2)[C@H](OCc2ccccc2)[C@H]1OCc1ccccc1. The molecule has 0 spiro atoms. The highest BCUT2D eigenvalue weighted by atomic mass is 32.2. The highest BCUT2D eigenvalue weighted by Crippen LogP contribution is 2.31. The molecule has 7 nitrogen and oxygen atoms in total. The third-order valence-corrected chi connectivity index (χ3v) is 8.38. The van der Waals surface area contributed by atoms with Crippen molar-refractivity contribution >= 4 is 9.84 Å². The number of hydrogen-bond donors (Lipinski definition) is 0. The van der Waals surface area contributed by atoms with Crippen molar-refractivity contribution < 1.29 is 32.1 Å². The second-order valence-corrected chi connectivity index (χ2v) is 13.3. The van der Waals surface area contributed by atoms with Gasteiger partial charge in [-0.3, -0.25) is 0 Å². The molecule has 8 heteroatoms. The smallest absolute Gasteiger partial charge is 0.150 e. The average Bonchev–Trinajstić information content (AvgIpc) is 3.04. The minimum Gasteiger partial charge on any atom is -0.374 e. The predicted octanol–water partition coefficient (Wildman–Crippen LogP) is 5.77. The van der Waals surface area contributed by atoms with E-state index in [9.17, 15) is 8.42 Å². The Hall–Kier alpha value is -3.37. The summed E-state index contributed by atoms with van der Waals surface area (Å²) in [4.78, 5) is 0. The Morgan fingerprint density at radius 2 is 0.886 bits per heavy atom. The van der Waals surface area contributed by atoms with E-state index < -0.39 is 40.4 Å². The van der Waals surface area contributed by atoms with Crippen LogP contribution in [0.2, 0.25) is 0 Å². The monoisotopic (exact) mass is 616 g/mol. The van der Waals surface area contributed by atoms with Crippen molar-refractivity contribution in [1.82, 2.24) is 0 Å². The quantitative estimate of drug-likeness (QED) is 0.168. The minimum atomic E-state index is -3.43. The van der Waals surface area contributed by atoms with Crippen LogP contribution in [0.4, 0.5) is 0 Å². The lowest BCUT2D eigenvalue weighted by molar-refractivity contribution is -0.268. The maximum Gasteiger partial charge on any atom is 0.150 e. The lowest BCUT2D eigenvalue weighted by atomic mass is 9.94. The van der Waals surface area contributed by atoms with Crippen molar-refractivity contribution in [2.45, 2.75) is 56.9 Å². The first-order chi connectivity index (χ1) is 21.4. The van der Waals surface area contributed by atoms with Gasteiger partial charge in [-0.2, -0.15) is 0 Å². The zero-order valence-electron chi connectivity index (χ0n) is 24.9. The largest absolute Gasteiger partial charge is 0.374 e. The van der Waals surface area contributed by atoms with Crippen LogP contribution in [-0.2, 0) is 59.9 Å². The highest BCUT2D eigenvalue weighted by Gasteiger charge is 2.49. The van der Waals surface area contributed by atoms with Gasteiger partial charge in [0.05, 0.1) is 38.8 Å². The number of benzene rings is 4. The van der Waals surface area contributed by atoms with Gasteiger partial charge in [0, 0.05) is 6.26 Å². The fourth-order valence-corrected chi connectivity index (χ4v) is 6.18. The first-order valence-corrected chi connectivity index (χ1v) is 16.9. The van der Waals surface area contributed by atoms with Crippen molar-refractivity contribution in [3.63, 3.8) is 0 Å². The van der Waals surface area contributed by atoms with Crippen LogP contribution in [0, 0.1) is 0 Å². The van der Waals surface area contributed by atoms with Gasteiger partial charge < -0.3 is 23.7 Å². The molecule has 232 valence electrons. The fraction of sp³-hybridized carbons (Fsp3) is 0.333. The molecule has 1 saturated heterocycles. The van der Waals surface area contributed by atoms with Gasteiger partial charge in [-0.25, -0.2) is 8.42 Å². The van der Waals surface area contributed by atoms with E-state index in [1.54, 1.807) is 0 Å². The van der Waals surface area contributed by atoms with Crippen LogP contribution in [0.3, 0.4) is 0 Å². The summed E-state index contributed by atoms with van der Waals surface area (Å²) in [5.74, 6) is -0.224. The molecule has 5 rings (SSSR count). The fourth-order valence-electron chi connectivity index (χ4n) is 5.32. The second kappa shape index (κ2) is 16.1. The number of rotatable bonds is 15. The Morgan fingerprint density at radius 1 is 0.523 bits per heavy atom. The van der Waals surface area contributed by atoms with Gasteiger partial charge in [0.25, 0.3) is 0 Å². The van der Waals surface area contributed by atoms with E-state index in [2.05, 4.69) is 0 Å². The molecule has 0 bridgehead atoms. The van der Waals surface area contributed by atoms with Gasteiger partial charge in [-0.1, -0.05) is 121 Å². The van der Waals surface area contributed by atoms with E-state index in [0.29, 0.717) is 19.8 Å². The summed E-state index contributed by atoms with van der Waals surface area (Å²) in [7, 11) is -3.43. The van der Waals surface area contributed by atoms with E-state index in [-0.39, 0.29) is 19.0 Å². The molecule has 0 unspecified atom stereocenters. The molecule has 4 aromatic rings. The zero-order valence-corrected chi connectivity index (χ0v) is 25.8. The Morgan fingerprint density at radius 3 is 1.30 bits per heavy atom. The lowest BCUT2D eigenvalue weighted by Crippen LogP contribution is -2.62. The van der Waals surface area contributed by atoms with Crippen LogP contribution in [-0.4, -0.2) is 57.6 Å². The van der Waals surface area contributed by atoms with Crippen LogP contribution < -0.4 is 0 Å². The lowest BCUT2D eigenvalue weighted by Gasteiger charge is -2.46. The van der Waals surface area contributed by atoms with Gasteiger partial charge >= 0.3 is 0 Å². The first-order valence-electron chi connectivity index (χ1n) is 14.9. The van der Waals surface area contributed by atoms with Crippen molar-refractivity contribution in [3.05, 3.63) is 144 Å². The molecule has 0 radical (unpaired) electrons. The van der Waals surface area contributed by atoms with E-state index in [4.69, 9.17) is 23.7 Å². The molecule has 0 aliphatic carbocycles. The molecule has 1 fully saturated rings. The van der Waals surface area contributed by atoms with Crippen molar-refractivity contribution in [2.24, 2.45) is 0 Å². The highest BCUT2D eigenvalue weighted by molar-refractivity contribution is 7.90. The molecular formula is C36H40O7S. The summed E-state index contributed by atoms with van der Waals surface area (Å²) in [6.07, 6.45) is -2.16. The summed E-state index contributed by atoms with van der Waals surface area (Å²) < 4.78 is 57.7. The molecule has 4 aromatic carbocycles. The predicted molar refractivity (Wildman–Crippen MR) is 170 cm³/mol. The van der Waals surface area contributed by atoms with Crippen LogP contribution in [0.15, 0.2) is 121 Å². The van der Waals surface area contributed by atoms with E-state index in [1.165, 1.54) is 6.26 Å². The van der Waals surface area contributed by atoms with Gasteiger partial charge in [-0.15, -0.1) is 0 Å². The molecular weight excluding hydrogens is 576 g/mol. The standard InChI is InChI=1S/C36H40O7S/c1-44(37,38)27-33-35(41-24-30-18-10-4-11-19-30)36(42-25-31-20-12-5-13-21-31)34(40-23-29-16-8-3-9-17-29)32(43-33)26-39-22-28-14-6-2-7-15-28/h2-21,32-36H,22-27H2,1H3/t32-,33+,34-,35+,36+/m1/s1. The Labute approximate surface area is 260 Å². The Kier molecular flexibility index (Phi) is 11.7. The molecule has 0 saturated carbocycles. The van der Waals surface area contributed by atoms with E-state index >= 15 is 0 Å². The zero-order chi connectivity index (χ0) is 30.6. The third kappa shape index (κ3) is 9.82. The minimum absolute atomic E-state index is 0.186. The summed E-state index contributed by atoms with van der Waals surface area (Å²) in [5, 5.41) is 0. The van der Waals surface area contributed by atoms with Crippen LogP contribution in [0.1, 0.15) is 22.3 Å². The Bertz CT molecular complexity index is 1490. The van der Waals surface area contributed by atoms with Crippen LogP contribution >= 0.6 is 0 Å². The van der Waals surface area contributed by atoms with Gasteiger partial charge in [0.15, 0.2) is 0 Å². The summed E-state index contributed by atoms with van der Waals surface area (Å²) in [5.41, 5.74) is 3.97. The molecule has 5 atom stereocenters. The van der Waals surface area contributed by atoms with E-state index in [0.717, 1.165) is 22.3 Å². The topological polar surface area (TPSA) is 80.3 Å². The average molecular weight is 617 g/mol. The first kappa shape index (κ1) is 32.0. The van der Waals surface area contributed by atoms with E-state index in [1.807, 2.05) is 121 Å². The molecule has 0 aromatic heterocycles. The maximum absolute atomic E-state index is 12.7. The number of ether oxygens (including phenoxy) is 5. The van der Waals surface area contributed by atoms with Crippen molar-refractivity contribution in [2.75, 3.05) is 18.6 Å². The summed E-state index contributed by atoms with van der Waals surface area (Å²) in [6, 6.07) is 39.4. The van der Waals surface area contributed by atoms with Gasteiger partial charge in [0.1, 0.15) is 40.4 Å². The molecule has 1 heterocycles.